The largest absolute Gasteiger partial charge is 0.469 e. The molecule has 8 nitrogen and oxygen atoms in total. The van der Waals surface area contributed by atoms with Crippen LogP contribution in [0.1, 0.15) is 45.1 Å². The molecule has 37 heavy (non-hydrogen) atoms. The van der Waals surface area contributed by atoms with Crippen molar-refractivity contribution in [1.29, 1.82) is 0 Å². The topological polar surface area (TPSA) is 105 Å². The molecule has 6 fully saturated rings. The normalized spacial score (nSPS) is 48.1. The number of benzene rings is 1. The molecule has 10 atom stereocenters. The van der Waals surface area contributed by atoms with Crippen LogP contribution in [-0.4, -0.2) is 48.8 Å². The van der Waals surface area contributed by atoms with Crippen LogP contribution in [0.2, 0.25) is 0 Å². The van der Waals surface area contributed by atoms with Gasteiger partial charge in [0.25, 0.3) is 0 Å². The zero-order valence-electron chi connectivity index (χ0n) is 21.2. The molecule has 4 saturated carbocycles. The SMILES string of the molecule is C=C1C[C@]23C[C@@]1(OC(C)=O)CC[C@H]2[C@@]1(c2ccccc2)[C@@H]2C(=O)O[C@H]4[C@@H]2OC(=O)[C@@]4(C)[C@H]1[C@@H]3C(=O)OC. The number of carbonyl (C=O) groups excluding carboxylic acids is 4. The summed E-state index contributed by atoms with van der Waals surface area (Å²) in [6, 6.07) is 9.77. The van der Waals surface area contributed by atoms with Gasteiger partial charge in [-0.2, -0.15) is 0 Å². The van der Waals surface area contributed by atoms with Gasteiger partial charge in [0.05, 0.1) is 13.0 Å². The van der Waals surface area contributed by atoms with Gasteiger partial charge in [0.2, 0.25) is 0 Å². The molecular weight excluding hydrogens is 476 g/mol. The summed E-state index contributed by atoms with van der Waals surface area (Å²) in [7, 11) is 1.36. The van der Waals surface area contributed by atoms with Crippen LogP contribution in [0.25, 0.3) is 0 Å². The minimum Gasteiger partial charge on any atom is -0.469 e. The molecule has 0 unspecified atom stereocenters. The van der Waals surface area contributed by atoms with E-state index in [1.807, 2.05) is 30.3 Å². The molecular formula is C29H30O8. The molecule has 2 saturated heterocycles. The number of hydrogen-bond acceptors (Lipinski definition) is 8. The van der Waals surface area contributed by atoms with E-state index < -0.39 is 69.7 Å². The van der Waals surface area contributed by atoms with E-state index in [-0.39, 0.29) is 11.9 Å². The van der Waals surface area contributed by atoms with Crippen molar-refractivity contribution in [3.8, 4) is 0 Å². The lowest BCUT2D eigenvalue weighted by Gasteiger charge is -2.52. The Bertz CT molecular complexity index is 1290. The van der Waals surface area contributed by atoms with E-state index in [0.717, 1.165) is 11.1 Å². The Labute approximate surface area is 214 Å². The van der Waals surface area contributed by atoms with Gasteiger partial charge in [-0.15, -0.1) is 0 Å². The van der Waals surface area contributed by atoms with E-state index >= 15 is 0 Å². The second-order valence-corrected chi connectivity index (χ2v) is 12.1. The van der Waals surface area contributed by atoms with E-state index in [9.17, 15) is 19.2 Å². The zero-order chi connectivity index (χ0) is 26.1. The molecule has 2 heterocycles. The van der Waals surface area contributed by atoms with Crippen molar-refractivity contribution >= 4 is 23.9 Å². The number of rotatable bonds is 3. The Hall–Kier alpha value is -3.16. The molecule has 1 spiro atoms. The summed E-state index contributed by atoms with van der Waals surface area (Å²) >= 11 is 0. The van der Waals surface area contributed by atoms with Crippen LogP contribution in [-0.2, 0) is 43.5 Å². The van der Waals surface area contributed by atoms with Gasteiger partial charge >= 0.3 is 23.9 Å². The molecule has 1 aromatic rings. The Morgan fingerprint density at radius 2 is 1.86 bits per heavy atom. The number of ether oxygens (including phenoxy) is 4. The monoisotopic (exact) mass is 506 g/mol. The van der Waals surface area contributed by atoms with Gasteiger partial charge in [0, 0.05) is 18.3 Å². The molecule has 6 aliphatic rings. The van der Waals surface area contributed by atoms with Gasteiger partial charge in [-0.3, -0.25) is 19.2 Å². The van der Waals surface area contributed by atoms with Crippen LogP contribution in [0.15, 0.2) is 42.5 Å². The highest BCUT2D eigenvalue weighted by atomic mass is 16.6. The Kier molecular flexibility index (Phi) is 4.24. The van der Waals surface area contributed by atoms with Gasteiger partial charge < -0.3 is 18.9 Å². The minimum absolute atomic E-state index is 0.188. The van der Waals surface area contributed by atoms with Crippen LogP contribution in [0.5, 0.6) is 0 Å². The van der Waals surface area contributed by atoms with Crippen LogP contribution >= 0.6 is 0 Å². The van der Waals surface area contributed by atoms with Crippen LogP contribution in [0.4, 0.5) is 0 Å². The first-order valence-electron chi connectivity index (χ1n) is 13.0. The molecule has 194 valence electrons. The minimum atomic E-state index is -1.23. The lowest BCUT2D eigenvalue weighted by Crippen LogP contribution is -2.61. The fraction of sp³-hybridized carbons (Fsp3) is 0.586. The van der Waals surface area contributed by atoms with E-state index in [1.54, 1.807) is 6.92 Å². The molecule has 0 amide bonds. The number of carbonyl (C=O) groups is 4. The molecule has 1 aromatic carbocycles. The molecule has 8 heteroatoms. The first-order valence-corrected chi connectivity index (χ1v) is 13.0. The standard InChI is InChI=1S/C29H30O8/c1-14-12-27-13-28(14,37-15(2)30)11-10-17(27)29(16-8-6-5-7-9-16)18-20-22(36-24(18)32)26(3,25(33)35-20)21(29)19(27)23(31)34-4/h5-9,17-22H,1,10-13H2,2-4H3/t17-,18+,19-,20-,21-,22+,26+,27+,28+,29+/m1/s1. The number of hydrogen-bond donors (Lipinski definition) is 0. The molecule has 4 aliphatic carbocycles. The van der Waals surface area contributed by atoms with Crippen LogP contribution in [0, 0.1) is 34.5 Å². The van der Waals surface area contributed by atoms with Crippen molar-refractivity contribution in [1.82, 2.24) is 0 Å². The average molecular weight is 507 g/mol. The maximum atomic E-state index is 13.9. The maximum absolute atomic E-state index is 13.9. The van der Waals surface area contributed by atoms with Crippen molar-refractivity contribution in [2.75, 3.05) is 7.11 Å². The third-order valence-corrected chi connectivity index (χ3v) is 11.0. The lowest BCUT2D eigenvalue weighted by atomic mass is 9.46. The van der Waals surface area contributed by atoms with Gasteiger partial charge in [-0.1, -0.05) is 36.9 Å². The number of methoxy groups -OCH3 is 1. The summed E-state index contributed by atoms with van der Waals surface area (Å²) in [5, 5.41) is 0. The van der Waals surface area contributed by atoms with E-state index in [0.29, 0.717) is 25.7 Å². The van der Waals surface area contributed by atoms with Gasteiger partial charge in [-0.05, 0) is 55.1 Å². The van der Waals surface area contributed by atoms with Crippen LogP contribution < -0.4 is 0 Å². The number of esters is 4. The highest BCUT2D eigenvalue weighted by Crippen LogP contribution is 2.82. The first-order chi connectivity index (χ1) is 17.6. The summed E-state index contributed by atoms with van der Waals surface area (Å²) in [4.78, 5) is 53.5. The Morgan fingerprint density at radius 1 is 1.14 bits per heavy atom. The van der Waals surface area contributed by atoms with Crippen LogP contribution in [0.3, 0.4) is 0 Å². The molecule has 2 aliphatic heterocycles. The molecule has 0 aromatic heterocycles. The van der Waals surface area contributed by atoms with Gasteiger partial charge in [0.1, 0.15) is 16.9 Å². The first kappa shape index (κ1) is 23.0. The summed E-state index contributed by atoms with van der Waals surface area (Å²) in [5.41, 5.74) is -2.02. The summed E-state index contributed by atoms with van der Waals surface area (Å²) in [5.74, 6) is -3.91. The van der Waals surface area contributed by atoms with Crippen molar-refractivity contribution < 1.29 is 38.1 Å². The molecule has 0 radical (unpaired) electrons. The molecule has 6 bridgehead atoms. The highest BCUT2D eigenvalue weighted by molar-refractivity contribution is 5.91. The third kappa shape index (κ3) is 2.29. The quantitative estimate of drug-likeness (QED) is 0.350. The molecule has 7 rings (SSSR count). The van der Waals surface area contributed by atoms with Crippen molar-refractivity contribution in [2.24, 2.45) is 34.5 Å². The summed E-state index contributed by atoms with van der Waals surface area (Å²) in [6.07, 6.45) is 0.532. The number of fused-ring (bicyclic) bond motifs is 5. The zero-order valence-corrected chi connectivity index (χ0v) is 21.2. The van der Waals surface area contributed by atoms with E-state index in [2.05, 4.69) is 6.58 Å². The fourth-order valence-electron chi connectivity index (χ4n) is 10.2. The van der Waals surface area contributed by atoms with Gasteiger partial charge in [-0.25, -0.2) is 0 Å². The second kappa shape index (κ2) is 6.83. The Morgan fingerprint density at radius 3 is 2.54 bits per heavy atom. The second-order valence-electron chi connectivity index (χ2n) is 12.1. The predicted molar refractivity (Wildman–Crippen MR) is 127 cm³/mol. The van der Waals surface area contributed by atoms with Crippen molar-refractivity contribution in [3.05, 3.63) is 48.0 Å². The summed E-state index contributed by atoms with van der Waals surface area (Å²) < 4.78 is 23.2. The lowest BCUT2D eigenvalue weighted by molar-refractivity contribution is -0.165. The fourth-order valence-corrected chi connectivity index (χ4v) is 10.2. The third-order valence-electron chi connectivity index (χ3n) is 11.0. The van der Waals surface area contributed by atoms with E-state index in [1.165, 1.54) is 14.0 Å². The van der Waals surface area contributed by atoms with Crippen molar-refractivity contribution in [3.63, 3.8) is 0 Å². The van der Waals surface area contributed by atoms with E-state index in [4.69, 9.17) is 18.9 Å². The maximum Gasteiger partial charge on any atom is 0.316 e. The smallest absolute Gasteiger partial charge is 0.316 e. The predicted octanol–water partition coefficient (Wildman–Crippen LogP) is 2.88. The Balaban J connectivity index is 1.56. The molecule has 0 N–H and O–H groups in total. The average Bonchev–Trinajstić information content (AvgIpc) is 3.44. The summed E-state index contributed by atoms with van der Waals surface area (Å²) in [6.45, 7) is 7.53. The van der Waals surface area contributed by atoms with Gasteiger partial charge in [0.15, 0.2) is 12.2 Å². The van der Waals surface area contributed by atoms with Crippen molar-refractivity contribution in [2.45, 2.75) is 62.8 Å². The highest BCUT2D eigenvalue weighted by Gasteiger charge is 2.89.